The van der Waals surface area contributed by atoms with E-state index in [0.717, 1.165) is 43.6 Å². The lowest BCUT2D eigenvalue weighted by molar-refractivity contribution is -0.130. The van der Waals surface area contributed by atoms with Crippen LogP contribution >= 0.6 is 0 Å². The fraction of sp³-hybridized carbons (Fsp3) is 0.529. The maximum atomic E-state index is 12.3. The summed E-state index contributed by atoms with van der Waals surface area (Å²) in [4.78, 5) is 28.3. The number of aromatic nitrogens is 4. The molecule has 0 radical (unpaired) electrons. The Balaban J connectivity index is 1.57. The largest absolute Gasteiger partial charge is 0.370 e. The molecular formula is C17H24N6O2. The number of carbonyl (C=O) groups excluding carboxylic acids is 1. The summed E-state index contributed by atoms with van der Waals surface area (Å²) >= 11 is 0. The molecule has 3 heterocycles. The number of carbonyl (C=O) groups is 1. The van der Waals surface area contributed by atoms with Crippen molar-refractivity contribution >= 4 is 11.6 Å². The van der Waals surface area contributed by atoms with Crippen molar-refractivity contribution in [1.82, 2.24) is 24.5 Å². The average molecular weight is 344 g/mol. The molecule has 2 aromatic rings. The highest BCUT2D eigenvalue weighted by atomic mass is 16.2. The van der Waals surface area contributed by atoms with E-state index < -0.39 is 0 Å². The molecule has 1 saturated heterocycles. The van der Waals surface area contributed by atoms with E-state index in [1.165, 1.54) is 4.68 Å². The predicted octanol–water partition coefficient (Wildman–Crippen LogP) is 0.278. The molecule has 2 aromatic heterocycles. The van der Waals surface area contributed by atoms with Gasteiger partial charge >= 0.3 is 0 Å². The van der Waals surface area contributed by atoms with Crippen LogP contribution in [0.15, 0.2) is 29.5 Å². The standard InChI is InChI=1S/C17H24N6O2/c1-20(8-5-14-10-18-21(2)12-14)17(25)13-23-16(24)9-15(11-19-23)22-6-3-4-7-22/h9-12H,3-8,13H2,1-2H3. The van der Waals surface area contributed by atoms with Crippen LogP contribution in [0.1, 0.15) is 18.4 Å². The SMILES string of the molecule is CN(CCc1cnn(C)c1)C(=O)Cn1ncc(N2CCCC2)cc1=O. The van der Waals surface area contributed by atoms with Crippen molar-refractivity contribution in [3.63, 3.8) is 0 Å². The molecular weight excluding hydrogens is 320 g/mol. The fourth-order valence-corrected chi connectivity index (χ4v) is 2.96. The van der Waals surface area contributed by atoms with Crippen molar-refractivity contribution in [1.29, 1.82) is 0 Å². The molecule has 0 bridgehead atoms. The van der Waals surface area contributed by atoms with E-state index in [9.17, 15) is 9.59 Å². The average Bonchev–Trinajstić information content (AvgIpc) is 3.26. The number of hydrogen-bond acceptors (Lipinski definition) is 5. The minimum atomic E-state index is -0.238. The normalized spacial score (nSPS) is 14.1. The molecule has 1 fully saturated rings. The fourth-order valence-electron chi connectivity index (χ4n) is 2.96. The van der Waals surface area contributed by atoms with E-state index >= 15 is 0 Å². The summed E-state index contributed by atoms with van der Waals surface area (Å²) < 4.78 is 2.96. The highest BCUT2D eigenvalue weighted by Crippen LogP contribution is 2.16. The van der Waals surface area contributed by atoms with Gasteiger partial charge in [-0.2, -0.15) is 10.2 Å². The molecule has 25 heavy (non-hydrogen) atoms. The zero-order valence-electron chi connectivity index (χ0n) is 14.8. The van der Waals surface area contributed by atoms with Crippen LogP contribution in [0.3, 0.4) is 0 Å². The lowest BCUT2D eigenvalue weighted by atomic mass is 10.2. The van der Waals surface area contributed by atoms with Crippen LogP contribution in [0.4, 0.5) is 5.69 Å². The summed E-state index contributed by atoms with van der Waals surface area (Å²) in [7, 11) is 3.60. The summed E-state index contributed by atoms with van der Waals surface area (Å²) in [6, 6.07) is 1.57. The Labute approximate surface area is 146 Å². The first-order chi connectivity index (χ1) is 12.0. The quantitative estimate of drug-likeness (QED) is 0.752. The summed E-state index contributed by atoms with van der Waals surface area (Å²) in [5.41, 5.74) is 1.68. The molecule has 134 valence electrons. The molecule has 0 N–H and O–H groups in total. The van der Waals surface area contributed by atoms with Crippen molar-refractivity contribution < 1.29 is 4.79 Å². The number of rotatable bonds is 6. The van der Waals surface area contributed by atoms with Crippen LogP contribution in [-0.2, 0) is 24.8 Å². The van der Waals surface area contributed by atoms with Gasteiger partial charge in [-0.1, -0.05) is 0 Å². The second-order valence-corrected chi connectivity index (χ2v) is 6.49. The van der Waals surface area contributed by atoms with Crippen molar-refractivity contribution in [3.05, 3.63) is 40.6 Å². The third-order valence-corrected chi connectivity index (χ3v) is 4.53. The minimum Gasteiger partial charge on any atom is -0.370 e. The van der Waals surface area contributed by atoms with E-state index in [2.05, 4.69) is 15.1 Å². The van der Waals surface area contributed by atoms with Crippen LogP contribution in [0.2, 0.25) is 0 Å². The van der Waals surface area contributed by atoms with Gasteiger partial charge in [-0.05, 0) is 24.8 Å². The molecule has 8 heteroatoms. The first kappa shape index (κ1) is 17.2. The Hall–Kier alpha value is -2.64. The summed E-state index contributed by atoms with van der Waals surface area (Å²) in [5, 5.41) is 8.28. The molecule has 0 saturated carbocycles. The van der Waals surface area contributed by atoms with Gasteiger partial charge in [0.15, 0.2) is 0 Å². The first-order valence-corrected chi connectivity index (χ1v) is 8.56. The molecule has 0 unspecified atom stereocenters. The Kier molecular flexibility index (Phi) is 5.16. The van der Waals surface area contributed by atoms with Crippen molar-refractivity contribution in [2.75, 3.05) is 31.6 Å². The topological polar surface area (TPSA) is 76.3 Å². The molecule has 8 nitrogen and oxygen atoms in total. The number of likely N-dealkylation sites (N-methyl/N-ethyl adjacent to an activating group) is 1. The van der Waals surface area contributed by atoms with Gasteiger partial charge < -0.3 is 9.80 Å². The van der Waals surface area contributed by atoms with E-state index in [1.54, 1.807) is 35.1 Å². The van der Waals surface area contributed by atoms with E-state index in [4.69, 9.17) is 0 Å². The monoisotopic (exact) mass is 344 g/mol. The minimum absolute atomic E-state index is 0.0390. The third kappa shape index (κ3) is 4.26. The Morgan fingerprint density at radius 2 is 2.00 bits per heavy atom. The highest BCUT2D eigenvalue weighted by Gasteiger charge is 2.15. The van der Waals surface area contributed by atoms with Crippen LogP contribution in [0.25, 0.3) is 0 Å². The lowest BCUT2D eigenvalue weighted by Crippen LogP contribution is -2.36. The van der Waals surface area contributed by atoms with Gasteiger partial charge in [0, 0.05) is 46.0 Å². The molecule has 0 aromatic carbocycles. The zero-order valence-corrected chi connectivity index (χ0v) is 14.8. The summed E-state index contributed by atoms with van der Waals surface area (Å²) in [6.07, 6.45) is 8.41. The maximum absolute atomic E-state index is 12.3. The first-order valence-electron chi connectivity index (χ1n) is 8.56. The van der Waals surface area contributed by atoms with Crippen LogP contribution < -0.4 is 10.5 Å². The zero-order chi connectivity index (χ0) is 17.8. The van der Waals surface area contributed by atoms with Gasteiger partial charge in [0.05, 0.1) is 18.1 Å². The lowest BCUT2D eigenvalue weighted by Gasteiger charge is -2.19. The third-order valence-electron chi connectivity index (χ3n) is 4.53. The molecule has 1 amide bonds. The van der Waals surface area contributed by atoms with Crippen LogP contribution in [-0.4, -0.2) is 57.1 Å². The molecule has 0 aliphatic carbocycles. The Morgan fingerprint density at radius 1 is 1.24 bits per heavy atom. The van der Waals surface area contributed by atoms with E-state index in [1.807, 2.05) is 13.2 Å². The highest BCUT2D eigenvalue weighted by molar-refractivity contribution is 5.75. The number of nitrogens with zero attached hydrogens (tertiary/aromatic N) is 6. The van der Waals surface area contributed by atoms with Gasteiger partial charge in [0.2, 0.25) is 5.91 Å². The van der Waals surface area contributed by atoms with Gasteiger partial charge in [-0.15, -0.1) is 0 Å². The molecule has 1 aliphatic heterocycles. The smallest absolute Gasteiger partial charge is 0.269 e. The predicted molar refractivity (Wildman–Crippen MR) is 94.5 cm³/mol. The molecule has 0 spiro atoms. The second-order valence-electron chi connectivity index (χ2n) is 6.49. The summed E-state index contributed by atoms with van der Waals surface area (Å²) in [6.45, 7) is 2.45. The molecule has 3 rings (SSSR count). The van der Waals surface area contributed by atoms with Crippen molar-refractivity contribution in [3.8, 4) is 0 Å². The number of anilines is 1. The van der Waals surface area contributed by atoms with Gasteiger partial charge in [0.25, 0.3) is 5.56 Å². The van der Waals surface area contributed by atoms with Gasteiger partial charge in [-0.3, -0.25) is 14.3 Å². The van der Waals surface area contributed by atoms with E-state index in [-0.39, 0.29) is 18.0 Å². The van der Waals surface area contributed by atoms with Gasteiger partial charge in [-0.25, -0.2) is 4.68 Å². The number of aryl methyl sites for hydroxylation is 1. The van der Waals surface area contributed by atoms with Crippen molar-refractivity contribution in [2.45, 2.75) is 25.8 Å². The molecule has 0 atom stereocenters. The Bertz CT molecular complexity index is 790. The van der Waals surface area contributed by atoms with E-state index in [0.29, 0.717) is 6.54 Å². The summed E-state index contributed by atoms with van der Waals surface area (Å²) in [5.74, 6) is -0.132. The van der Waals surface area contributed by atoms with Crippen molar-refractivity contribution in [2.24, 2.45) is 7.05 Å². The van der Waals surface area contributed by atoms with Gasteiger partial charge in [0.1, 0.15) is 6.54 Å². The molecule has 1 aliphatic rings. The maximum Gasteiger partial charge on any atom is 0.269 e. The second kappa shape index (κ2) is 7.50. The number of amides is 1. The number of hydrogen-bond donors (Lipinski definition) is 0. The Morgan fingerprint density at radius 3 is 2.64 bits per heavy atom. The van der Waals surface area contributed by atoms with Crippen LogP contribution in [0, 0.1) is 0 Å². The van der Waals surface area contributed by atoms with Crippen LogP contribution in [0.5, 0.6) is 0 Å².